The zero-order valence-electron chi connectivity index (χ0n) is 22.7. The van der Waals surface area contributed by atoms with Gasteiger partial charge in [0.1, 0.15) is 11.8 Å². The number of thiophene rings is 1. The van der Waals surface area contributed by atoms with Crippen molar-refractivity contribution in [1.82, 2.24) is 10.6 Å². The van der Waals surface area contributed by atoms with Crippen LogP contribution in [0.2, 0.25) is 0 Å². The third-order valence-electron chi connectivity index (χ3n) is 6.52. The van der Waals surface area contributed by atoms with E-state index in [1.807, 2.05) is 0 Å². The Morgan fingerprint density at radius 2 is 1.77 bits per heavy atom. The number of carbonyl (C=O) groups is 3. The Morgan fingerprint density at radius 3 is 2.40 bits per heavy atom. The second-order valence-corrected chi connectivity index (χ2v) is 9.97. The van der Waals surface area contributed by atoms with Crippen molar-refractivity contribution in [1.29, 1.82) is 0 Å². The molecule has 0 unspecified atom stereocenters. The van der Waals surface area contributed by atoms with Gasteiger partial charge >= 0.3 is 0 Å². The molecule has 1 fully saturated rings. The van der Waals surface area contributed by atoms with E-state index in [9.17, 15) is 14.4 Å². The summed E-state index contributed by atoms with van der Waals surface area (Å²) in [5, 5.41) is 7.43. The fourth-order valence-electron chi connectivity index (χ4n) is 4.47. The number of nitrogens with zero attached hydrogens (tertiary/aromatic N) is 1. The van der Waals surface area contributed by atoms with Crippen LogP contribution in [0.4, 0.5) is 5.69 Å². The molecule has 0 spiro atoms. The van der Waals surface area contributed by atoms with E-state index in [0.29, 0.717) is 46.5 Å². The quantitative estimate of drug-likeness (QED) is 0.344. The summed E-state index contributed by atoms with van der Waals surface area (Å²) < 4.78 is 21.8. The molecule has 3 amide bonds. The highest BCUT2D eigenvalue weighted by Crippen LogP contribution is 2.35. The highest BCUT2D eigenvalue weighted by molar-refractivity contribution is 7.12. The van der Waals surface area contributed by atoms with Crippen LogP contribution in [0.15, 0.2) is 60.0 Å². The predicted molar refractivity (Wildman–Crippen MR) is 151 cm³/mol. The van der Waals surface area contributed by atoms with Gasteiger partial charge in [0, 0.05) is 18.8 Å². The fourth-order valence-corrected chi connectivity index (χ4v) is 5.11. The van der Waals surface area contributed by atoms with Gasteiger partial charge in [0.15, 0.2) is 11.5 Å². The molecule has 10 nitrogen and oxygen atoms in total. The van der Waals surface area contributed by atoms with Crippen LogP contribution in [0.3, 0.4) is 0 Å². The SMILES string of the molecule is COc1ccc(N(C(=O)CNC(=O)c2cccs2)[C@H](C(=O)NC[C@@H]2CCCO2)c2ccc(OC)c(OC)c2)cc1. The number of nitrogens with one attached hydrogen (secondary N) is 2. The lowest BCUT2D eigenvalue weighted by atomic mass is 10.0. The van der Waals surface area contributed by atoms with Gasteiger partial charge in [-0.1, -0.05) is 12.1 Å². The van der Waals surface area contributed by atoms with Gasteiger partial charge in [-0.05, 0) is 66.2 Å². The van der Waals surface area contributed by atoms with Crippen molar-refractivity contribution in [2.45, 2.75) is 25.0 Å². The smallest absolute Gasteiger partial charge is 0.261 e. The summed E-state index contributed by atoms with van der Waals surface area (Å²) in [5.41, 5.74) is 0.944. The normalized spacial score (nSPS) is 15.1. The minimum atomic E-state index is -1.10. The summed E-state index contributed by atoms with van der Waals surface area (Å²) in [5.74, 6) is 0.218. The lowest BCUT2D eigenvalue weighted by Gasteiger charge is -2.32. The second kappa shape index (κ2) is 13.8. The number of methoxy groups -OCH3 is 3. The molecular formula is C29H33N3O7S. The van der Waals surface area contributed by atoms with Gasteiger partial charge in [0.05, 0.1) is 38.9 Å². The summed E-state index contributed by atoms with van der Waals surface area (Å²) in [6.07, 6.45) is 1.68. The van der Waals surface area contributed by atoms with Crippen LogP contribution < -0.4 is 29.7 Å². The van der Waals surface area contributed by atoms with Crippen LogP contribution in [0, 0.1) is 0 Å². The van der Waals surface area contributed by atoms with Crippen LogP contribution >= 0.6 is 11.3 Å². The van der Waals surface area contributed by atoms with Gasteiger partial charge in [-0.2, -0.15) is 0 Å². The molecule has 2 N–H and O–H groups in total. The van der Waals surface area contributed by atoms with E-state index in [2.05, 4.69) is 10.6 Å². The van der Waals surface area contributed by atoms with Crippen molar-refractivity contribution in [3.8, 4) is 17.2 Å². The van der Waals surface area contributed by atoms with E-state index in [0.717, 1.165) is 12.8 Å². The molecule has 212 valence electrons. The molecule has 11 heteroatoms. The van der Waals surface area contributed by atoms with Crippen LogP contribution in [-0.4, -0.2) is 64.9 Å². The van der Waals surface area contributed by atoms with Crippen molar-refractivity contribution in [3.05, 3.63) is 70.4 Å². The maximum atomic E-state index is 13.9. The maximum Gasteiger partial charge on any atom is 0.261 e. The lowest BCUT2D eigenvalue weighted by molar-refractivity contribution is -0.126. The van der Waals surface area contributed by atoms with Gasteiger partial charge in [0.25, 0.3) is 5.91 Å². The summed E-state index contributed by atoms with van der Waals surface area (Å²) >= 11 is 1.27. The Morgan fingerprint density at radius 1 is 1.00 bits per heavy atom. The third kappa shape index (κ3) is 6.91. The molecule has 2 aromatic carbocycles. The number of hydrogen-bond acceptors (Lipinski definition) is 8. The van der Waals surface area contributed by atoms with Gasteiger partial charge in [-0.25, -0.2) is 0 Å². The van der Waals surface area contributed by atoms with Crippen LogP contribution in [0.5, 0.6) is 17.2 Å². The molecule has 1 aromatic heterocycles. The Balaban J connectivity index is 1.71. The summed E-state index contributed by atoms with van der Waals surface area (Å²) in [6.45, 7) is 0.633. The molecule has 2 heterocycles. The highest BCUT2D eigenvalue weighted by Gasteiger charge is 2.34. The molecule has 2 atom stereocenters. The average Bonchev–Trinajstić information content (AvgIpc) is 3.72. The Hall–Kier alpha value is -4.09. The number of anilines is 1. The average molecular weight is 568 g/mol. The highest BCUT2D eigenvalue weighted by atomic mass is 32.1. The van der Waals surface area contributed by atoms with Crippen molar-refractivity contribution < 1.29 is 33.3 Å². The first-order valence-electron chi connectivity index (χ1n) is 12.8. The van der Waals surface area contributed by atoms with Gasteiger partial charge < -0.3 is 29.6 Å². The van der Waals surface area contributed by atoms with E-state index in [1.165, 1.54) is 30.5 Å². The number of ether oxygens (including phenoxy) is 4. The van der Waals surface area contributed by atoms with E-state index >= 15 is 0 Å². The first kappa shape index (κ1) is 28.9. The third-order valence-corrected chi connectivity index (χ3v) is 7.39. The van der Waals surface area contributed by atoms with E-state index in [-0.39, 0.29) is 18.6 Å². The summed E-state index contributed by atoms with van der Waals surface area (Å²) in [6, 6.07) is 14.2. The molecule has 1 aliphatic rings. The van der Waals surface area contributed by atoms with E-state index < -0.39 is 17.9 Å². The van der Waals surface area contributed by atoms with Gasteiger partial charge in [0.2, 0.25) is 11.8 Å². The summed E-state index contributed by atoms with van der Waals surface area (Å²) in [7, 11) is 4.57. The van der Waals surface area contributed by atoms with Crippen LogP contribution in [-0.2, 0) is 14.3 Å². The Kier molecular flexibility index (Phi) is 9.98. The number of rotatable bonds is 12. The molecule has 0 aliphatic carbocycles. The predicted octanol–water partition coefficient (Wildman–Crippen LogP) is 3.57. The first-order chi connectivity index (χ1) is 19.4. The Bertz CT molecular complexity index is 1290. The topological polar surface area (TPSA) is 115 Å². The minimum Gasteiger partial charge on any atom is -0.497 e. The van der Waals surface area contributed by atoms with Crippen LogP contribution in [0.1, 0.15) is 34.1 Å². The molecule has 0 radical (unpaired) electrons. The number of carbonyl (C=O) groups excluding carboxylic acids is 3. The zero-order chi connectivity index (χ0) is 28.5. The van der Waals surface area contributed by atoms with E-state index in [4.69, 9.17) is 18.9 Å². The van der Waals surface area contributed by atoms with Gasteiger partial charge in [-0.15, -0.1) is 11.3 Å². The van der Waals surface area contributed by atoms with E-state index in [1.54, 1.807) is 67.1 Å². The van der Waals surface area contributed by atoms with Crippen molar-refractivity contribution in [2.24, 2.45) is 0 Å². The molecule has 1 aliphatic heterocycles. The fraction of sp³-hybridized carbons (Fsp3) is 0.345. The number of amides is 3. The minimum absolute atomic E-state index is 0.0924. The standard InChI is InChI=1S/C29H33N3O7S/c1-36-21-11-9-20(10-12-21)32(26(33)18-31-28(34)25-7-5-15-40-25)27(29(35)30-17-22-6-4-14-39-22)19-8-13-23(37-2)24(16-19)38-3/h5,7-13,15-16,22,27H,4,6,14,17-18H2,1-3H3,(H,30,35)(H,31,34)/t22-,27-/m0/s1. The van der Waals surface area contributed by atoms with Gasteiger partial charge in [-0.3, -0.25) is 19.3 Å². The van der Waals surface area contributed by atoms with Crippen molar-refractivity contribution >= 4 is 34.7 Å². The second-order valence-electron chi connectivity index (χ2n) is 9.02. The van der Waals surface area contributed by atoms with Crippen LogP contribution in [0.25, 0.3) is 0 Å². The Labute approximate surface area is 237 Å². The number of benzene rings is 2. The molecule has 3 aromatic rings. The molecular weight excluding hydrogens is 534 g/mol. The molecule has 40 heavy (non-hydrogen) atoms. The monoisotopic (exact) mass is 567 g/mol. The summed E-state index contributed by atoms with van der Waals surface area (Å²) in [4.78, 5) is 42.2. The largest absolute Gasteiger partial charge is 0.497 e. The zero-order valence-corrected chi connectivity index (χ0v) is 23.5. The molecule has 4 rings (SSSR count). The molecule has 0 saturated carbocycles. The molecule has 0 bridgehead atoms. The molecule has 1 saturated heterocycles. The number of hydrogen-bond donors (Lipinski definition) is 2. The van der Waals surface area contributed by atoms with Crippen molar-refractivity contribution in [2.75, 3.05) is 45.9 Å². The first-order valence-corrected chi connectivity index (χ1v) is 13.7. The lowest BCUT2D eigenvalue weighted by Crippen LogP contribution is -2.48. The maximum absolute atomic E-state index is 13.9. The van der Waals surface area contributed by atoms with Crippen molar-refractivity contribution in [3.63, 3.8) is 0 Å².